The Balaban J connectivity index is 1.39. The lowest BCUT2D eigenvalue weighted by Gasteiger charge is -2.35. The van der Waals surface area contributed by atoms with E-state index >= 15 is 0 Å². The molecule has 4 nitrogen and oxygen atoms in total. The first kappa shape index (κ1) is 20.2. The molecule has 0 spiro atoms. The Morgan fingerprint density at radius 3 is 2.74 bits per heavy atom. The van der Waals surface area contributed by atoms with E-state index in [1.807, 2.05) is 18.5 Å². The van der Waals surface area contributed by atoms with Crippen molar-refractivity contribution in [2.75, 3.05) is 26.3 Å². The molecule has 2 aromatic carbocycles. The van der Waals surface area contributed by atoms with Crippen LogP contribution in [0.15, 0.2) is 67.0 Å². The van der Waals surface area contributed by atoms with Crippen LogP contribution in [0.5, 0.6) is 0 Å². The molecule has 2 heterocycles. The summed E-state index contributed by atoms with van der Waals surface area (Å²) in [6.07, 6.45) is 8.83. The van der Waals surface area contributed by atoms with E-state index in [1.165, 1.54) is 16.5 Å². The Labute approximate surface area is 184 Å². The van der Waals surface area contributed by atoms with Gasteiger partial charge in [0, 0.05) is 36.8 Å². The summed E-state index contributed by atoms with van der Waals surface area (Å²) in [6.45, 7) is 2.76. The first-order chi connectivity index (χ1) is 15.3. The van der Waals surface area contributed by atoms with Gasteiger partial charge in [-0.3, -0.25) is 9.78 Å². The predicted molar refractivity (Wildman–Crippen MR) is 123 cm³/mol. The van der Waals surface area contributed by atoms with Crippen LogP contribution in [-0.4, -0.2) is 42.1 Å². The molecule has 1 aliphatic heterocycles. The molecule has 31 heavy (non-hydrogen) atoms. The van der Waals surface area contributed by atoms with Crippen molar-refractivity contribution in [1.82, 2.24) is 9.88 Å². The summed E-state index contributed by atoms with van der Waals surface area (Å²) in [5, 5.41) is 2.41. The van der Waals surface area contributed by atoms with Gasteiger partial charge < -0.3 is 9.64 Å². The number of hydrogen-bond acceptors (Lipinski definition) is 3. The summed E-state index contributed by atoms with van der Waals surface area (Å²) in [7, 11) is 0. The number of pyridine rings is 1. The highest BCUT2D eigenvalue weighted by molar-refractivity contribution is 5.89. The van der Waals surface area contributed by atoms with E-state index in [4.69, 9.17) is 4.74 Å². The molecule has 1 atom stereocenters. The minimum absolute atomic E-state index is 0.291. The van der Waals surface area contributed by atoms with Crippen LogP contribution in [0.25, 0.3) is 10.8 Å². The zero-order valence-corrected chi connectivity index (χ0v) is 18.0. The molecule has 1 amide bonds. The maximum absolute atomic E-state index is 13.9. The van der Waals surface area contributed by atoms with Gasteiger partial charge >= 0.3 is 0 Å². The van der Waals surface area contributed by atoms with Crippen LogP contribution in [0.2, 0.25) is 0 Å². The van der Waals surface area contributed by atoms with Gasteiger partial charge in [-0.1, -0.05) is 61.4 Å². The minimum atomic E-state index is -0.360. The first-order valence-corrected chi connectivity index (χ1v) is 11.5. The van der Waals surface area contributed by atoms with Crippen molar-refractivity contribution < 1.29 is 9.53 Å². The molecule has 5 rings (SSSR count). The van der Waals surface area contributed by atoms with Crippen LogP contribution in [0.1, 0.15) is 36.8 Å². The van der Waals surface area contributed by atoms with Gasteiger partial charge in [0.25, 0.3) is 0 Å². The lowest BCUT2D eigenvalue weighted by molar-refractivity contribution is -0.137. The monoisotopic (exact) mass is 414 g/mol. The fourth-order valence-electron chi connectivity index (χ4n) is 5.53. The zero-order valence-electron chi connectivity index (χ0n) is 18.0. The SMILES string of the molecule is O=C(N1CCOC[C@H](Cc2cccc3cnccc23)C1)C1(c2ccccc2)CCCC1. The van der Waals surface area contributed by atoms with Crippen molar-refractivity contribution in [2.24, 2.45) is 5.92 Å². The number of hydrogen-bond donors (Lipinski definition) is 0. The quantitative estimate of drug-likeness (QED) is 0.618. The maximum atomic E-state index is 13.9. The second-order valence-corrected chi connectivity index (χ2v) is 9.07. The van der Waals surface area contributed by atoms with Gasteiger partial charge in [-0.05, 0) is 41.8 Å². The number of rotatable bonds is 4. The third-order valence-electron chi connectivity index (χ3n) is 7.10. The van der Waals surface area contributed by atoms with Gasteiger partial charge in [0.15, 0.2) is 0 Å². The highest BCUT2D eigenvalue weighted by atomic mass is 16.5. The third kappa shape index (κ3) is 3.97. The molecule has 3 aromatic rings. The standard InChI is InChI=1S/C27H30N2O2/c30-26(27(12-4-5-13-27)24-9-2-1-3-10-24)29-15-16-31-20-21(19-29)17-22-7-6-8-23-18-28-14-11-25(22)23/h1-3,6-11,14,18,21H,4-5,12-13,15-17,19-20H2/t21-/m1/s1. The maximum Gasteiger partial charge on any atom is 0.233 e. The lowest BCUT2D eigenvalue weighted by atomic mass is 9.77. The summed E-state index contributed by atoms with van der Waals surface area (Å²) >= 11 is 0. The van der Waals surface area contributed by atoms with Gasteiger partial charge in [0.1, 0.15) is 0 Å². The highest BCUT2D eigenvalue weighted by Gasteiger charge is 2.45. The molecular formula is C27H30N2O2. The predicted octanol–water partition coefficient (Wildman–Crippen LogP) is 4.76. The minimum Gasteiger partial charge on any atom is -0.379 e. The number of aromatic nitrogens is 1. The summed E-state index contributed by atoms with van der Waals surface area (Å²) < 4.78 is 5.97. The van der Waals surface area contributed by atoms with E-state index in [-0.39, 0.29) is 5.41 Å². The van der Waals surface area contributed by atoms with Gasteiger partial charge in [-0.15, -0.1) is 0 Å². The molecule has 0 radical (unpaired) electrons. The fraction of sp³-hybridized carbons (Fsp3) is 0.407. The van der Waals surface area contributed by atoms with Gasteiger partial charge in [-0.2, -0.15) is 0 Å². The van der Waals surface area contributed by atoms with Crippen LogP contribution < -0.4 is 0 Å². The molecular weight excluding hydrogens is 384 g/mol. The number of ether oxygens (including phenoxy) is 1. The fourth-order valence-corrected chi connectivity index (χ4v) is 5.53. The number of nitrogens with zero attached hydrogens (tertiary/aromatic N) is 2. The average Bonchev–Trinajstić information content (AvgIpc) is 3.21. The first-order valence-electron chi connectivity index (χ1n) is 11.5. The van der Waals surface area contributed by atoms with Crippen LogP contribution in [0.4, 0.5) is 0 Å². The smallest absolute Gasteiger partial charge is 0.233 e. The topological polar surface area (TPSA) is 42.4 Å². The van der Waals surface area contributed by atoms with Gasteiger partial charge in [0.05, 0.1) is 18.6 Å². The second-order valence-electron chi connectivity index (χ2n) is 9.07. The Morgan fingerprint density at radius 2 is 1.90 bits per heavy atom. The van der Waals surface area contributed by atoms with Crippen LogP contribution in [0, 0.1) is 5.92 Å². The Morgan fingerprint density at radius 1 is 1.06 bits per heavy atom. The molecule has 0 N–H and O–H groups in total. The van der Waals surface area contributed by atoms with Crippen molar-refractivity contribution in [3.8, 4) is 0 Å². The molecule has 1 aliphatic carbocycles. The molecule has 0 bridgehead atoms. The van der Waals surface area contributed by atoms with E-state index in [2.05, 4.69) is 58.4 Å². The van der Waals surface area contributed by atoms with Crippen LogP contribution in [0.3, 0.4) is 0 Å². The zero-order chi connectivity index (χ0) is 21.1. The normalized spacial score (nSPS) is 21.2. The van der Waals surface area contributed by atoms with Crippen LogP contribution in [-0.2, 0) is 21.4 Å². The second kappa shape index (κ2) is 8.80. The molecule has 160 valence electrons. The summed E-state index contributed by atoms with van der Waals surface area (Å²) in [4.78, 5) is 20.3. The Bertz CT molecular complexity index is 1040. The molecule has 4 heteroatoms. The molecule has 1 aromatic heterocycles. The Kier molecular flexibility index (Phi) is 5.73. The van der Waals surface area contributed by atoms with Crippen molar-refractivity contribution in [3.63, 3.8) is 0 Å². The number of carbonyl (C=O) groups excluding carboxylic acids is 1. The van der Waals surface area contributed by atoms with E-state index in [0.29, 0.717) is 31.6 Å². The number of carbonyl (C=O) groups is 1. The van der Waals surface area contributed by atoms with Gasteiger partial charge in [-0.25, -0.2) is 0 Å². The summed E-state index contributed by atoms with van der Waals surface area (Å²) in [6, 6.07) is 18.9. The lowest BCUT2D eigenvalue weighted by Crippen LogP contribution is -2.47. The van der Waals surface area contributed by atoms with E-state index < -0.39 is 0 Å². The summed E-state index contributed by atoms with van der Waals surface area (Å²) in [5.41, 5.74) is 2.13. The van der Waals surface area contributed by atoms with E-state index in [9.17, 15) is 4.79 Å². The third-order valence-corrected chi connectivity index (χ3v) is 7.10. The molecule has 2 aliphatic rings. The van der Waals surface area contributed by atoms with Crippen molar-refractivity contribution in [1.29, 1.82) is 0 Å². The molecule has 0 unspecified atom stereocenters. The summed E-state index contributed by atoms with van der Waals surface area (Å²) in [5.74, 6) is 0.591. The number of amides is 1. The van der Waals surface area contributed by atoms with Crippen LogP contribution >= 0.6 is 0 Å². The highest BCUT2D eigenvalue weighted by Crippen LogP contribution is 2.43. The largest absolute Gasteiger partial charge is 0.379 e. The van der Waals surface area contributed by atoms with E-state index in [0.717, 1.165) is 44.0 Å². The van der Waals surface area contributed by atoms with Crippen molar-refractivity contribution in [3.05, 3.63) is 78.1 Å². The average molecular weight is 415 g/mol. The Hall–Kier alpha value is -2.72. The van der Waals surface area contributed by atoms with Crippen molar-refractivity contribution in [2.45, 2.75) is 37.5 Å². The van der Waals surface area contributed by atoms with Gasteiger partial charge in [0.2, 0.25) is 5.91 Å². The van der Waals surface area contributed by atoms with E-state index in [1.54, 1.807) is 0 Å². The molecule has 1 saturated heterocycles. The molecule has 2 fully saturated rings. The van der Waals surface area contributed by atoms with Crippen molar-refractivity contribution >= 4 is 16.7 Å². The number of fused-ring (bicyclic) bond motifs is 1. The molecule has 1 saturated carbocycles. The number of benzene rings is 2.